The van der Waals surface area contributed by atoms with Gasteiger partial charge < -0.3 is 4.74 Å². The first kappa shape index (κ1) is 11.1. The highest BCUT2D eigenvalue weighted by atomic mass is 16.6. The van der Waals surface area contributed by atoms with Crippen molar-refractivity contribution in [3.8, 4) is 11.6 Å². The van der Waals surface area contributed by atoms with Crippen LogP contribution in [0.15, 0.2) is 36.5 Å². The minimum absolute atomic E-state index is 0.0598. The van der Waals surface area contributed by atoms with Crippen LogP contribution in [0.3, 0.4) is 0 Å². The first-order valence-corrected chi connectivity index (χ1v) is 4.92. The van der Waals surface area contributed by atoms with Gasteiger partial charge in [0, 0.05) is 12.1 Å². The molecule has 0 aliphatic heterocycles. The molecule has 0 fully saturated rings. The minimum atomic E-state index is -0.500. The predicted molar refractivity (Wildman–Crippen MR) is 61.0 cm³/mol. The van der Waals surface area contributed by atoms with E-state index in [9.17, 15) is 10.1 Å². The zero-order valence-electron chi connectivity index (χ0n) is 9.08. The van der Waals surface area contributed by atoms with Gasteiger partial charge >= 0.3 is 0 Å². The van der Waals surface area contributed by atoms with Gasteiger partial charge in [0.15, 0.2) is 0 Å². The molecule has 17 heavy (non-hydrogen) atoms. The lowest BCUT2D eigenvalue weighted by atomic mass is 10.2. The summed E-state index contributed by atoms with van der Waals surface area (Å²) in [5.41, 5.74) is 0.864. The summed E-state index contributed by atoms with van der Waals surface area (Å²) in [6.07, 6.45) is 1.17. The number of benzene rings is 1. The van der Waals surface area contributed by atoms with Gasteiger partial charge in [-0.15, -0.1) is 0 Å². The second-order valence-corrected chi connectivity index (χ2v) is 3.41. The molecule has 0 atom stereocenters. The van der Waals surface area contributed by atoms with Gasteiger partial charge in [-0.1, -0.05) is 6.07 Å². The number of rotatable bonds is 3. The maximum atomic E-state index is 10.4. The van der Waals surface area contributed by atoms with Crippen LogP contribution in [0.4, 0.5) is 5.69 Å². The predicted octanol–water partition coefficient (Wildman–Crippen LogP) is 2.89. The van der Waals surface area contributed by atoms with Gasteiger partial charge in [-0.2, -0.15) is 0 Å². The Morgan fingerprint density at radius 1 is 1.41 bits per heavy atom. The molecule has 0 N–H and O–H groups in total. The molecule has 1 aromatic heterocycles. The SMILES string of the molecule is Cc1c[c]ccc1Oc1ccc([N+](=O)[O-])cn1. The van der Waals surface area contributed by atoms with E-state index < -0.39 is 4.92 Å². The maximum Gasteiger partial charge on any atom is 0.287 e. The lowest BCUT2D eigenvalue weighted by molar-refractivity contribution is -0.385. The number of nitro groups is 1. The Morgan fingerprint density at radius 2 is 2.24 bits per heavy atom. The molecule has 85 valence electrons. The summed E-state index contributed by atoms with van der Waals surface area (Å²) in [6.45, 7) is 1.89. The zero-order chi connectivity index (χ0) is 12.3. The van der Waals surface area contributed by atoms with E-state index in [1.54, 1.807) is 18.2 Å². The van der Waals surface area contributed by atoms with E-state index >= 15 is 0 Å². The molecule has 0 saturated heterocycles. The average molecular weight is 229 g/mol. The molecule has 2 rings (SSSR count). The summed E-state index contributed by atoms with van der Waals surface area (Å²) in [5, 5.41) is 10.4. The second-order valence-electron chi connectivity index (χ2n) is 3.41. The summed E-state index contributed by atoms with van der Waals surface area (Å²) < 4.78 is 5.49. The van der Waals surface area contributed by atoms with Gasteiger partial charge in [0.2, 0.25) is 5.88 Å². The zero-order valence-corrected chi connectivity index (χ0v) is 9.08. The van der Waals surface area contributed by atoms with Crippen molar-refractivity contribution in [2.24, 2.45) is 0 Å². The molecular formula is C12H9N2O3. The van der Waals surface area contributed by atoms with Gasteiger partial charge in [-0.05, 0) is 30.7 Å². The fourth-order valence-electron chi connectivity index (χ4n) is 1.27. The van der Waals surface area contributed by atoms with Crippen LogP contribution in [-0.2, 0) is 0 Å². The summed E-state index contributed by atoms with van der Waals surface area (Å²) in [6, 6.07) is 11.0. The van der Waals surface area contributed by atoms with E-state index in [0.29, 0.717) is 11.6 Å². The Labute approximate surface area is 97.8 Å². The Kier molecular flexibility index (Phi) is 3.00. The van der Waals surface area contributed by atoms with E-state index in [1.165, 1.54) is 18.3 Å². The van der Waals surface area contributed by atoms with E-state index in [-0.39, 0.29) is 5.69 Å². The molecule has 0 unspecified atom stereocenters. The number of hydrogen-bond acceptors (Lipinski definition) is 4. The van der Waals surface area contributed by atoms with E-state index in [0.717, 1.165) is 5.56 Å². The fourth-order valence-corrected chi connectivity index (χ4v) is 1.27. The van der Waals surface area contributed by atoms with E-state index in [4.69, 9.17) is 4.74 Å². The van der Waals surface area contributed by atoms with Gasteiger partial charge in [0.25, 0.3) is 5.69 Å². The van der Waals surface area contributed by atoms with Gasteiger partial charge in [0.1, 0.15) is 11.9 Å². The van der Waals surface area contributed by atoms with Gasteiger partial charge in [-0.3, -0.25) is 10.1 Å². The molecule has 5 heteroatoms. The highest BCUT2D eigenvalue weighted by molar-refractivity contribution is 5.36. The molecule has 0 aliphatic rings. The quantitative estimate of drug-likeness (QED) is 0.599. The highest BCUT2D eigenvalue weighted by Gasteiger charge is 2.07. The molecule has 1 radical (unpaired) electrons. The van der Waals surface area contributed by atoms with Crippen molar-refractivity contribution < 1.29 is 9.66 Å². The number of aryl methyl sites for hydroxylation is 1. The third kappa shape index (κ3) is 2.57. The maximum absolute atomic E-state index is 10.4. The number of nitrogens with zero attached hydrogens (tertiary/aromatic N) is 2. The molecule has 0 spiro atoms. The molecule has 0 aliphatic carbocycles. The first-order valence-electron chi connectivity index (χ1n) is 4.92. The van der Waals surface area contributed by atoms with Crippen LogP contribution in [0.1, 0.15) is 5.56 Å². The highest BCUT2D eigenvalue weighted by Crippen LogP contribution is 2.23. The molecule has 0 saturated carbocycles. The van der Waals surface area contributed by atoms with E-state index in [1.807, 2.05) is 6.92 Å². The number of hydrogen-bond donors (Lipinski definition) is 0. The minimum Gasteiger partial charge on any atom is -0.439 e. The first-order chi connectivity index (χ1) is 8.16. The molecule has 5 nitrogen and oxygen atoms in total. The number of aromatic nitrogens is 1. The fraction of sp³-hybridized carbons (Fsp3) is 0.0833. The molecule has 0 bridgehead atoms. The van der Waals surface area contributed by atoms with Crippen molar-refractivity contribution in [3.05, 3.63) is 58.3 Å². The lowest BCUT2D eigenvalue weighted by Crippen LogP contribution is -1.92. The number of ether oxygens (including phenoxy) is 1. The second kappa shape index (κ2) is 4.61. The van der Waals surface area contributed by atoms with Crippen LogP contribution >= 0.6 is 0 Å². The largest absolute Gasteiger partial charge is 0.439 e. The van der Waals surface area contributed by atoms with Crippen LogP contribution in [0.25, 0.3) is 0 Å². The Bertz CT molecular complexity index is 538. The average Bonchev–Trinajstić information content (AvgIpc) is 2.33. The van der Waals surface area contributed by atoms with Crippen molar-refractivity contribution in [3.63, 3.8) is 0 Å². The van der Waals surface area contributed by atoms with Crippen LogP contribution in [0.5, 0.6) is 11.6 Å². The molecule has 1 heterocycles. The summed E-state index contributed by atoms with van der Waals surface area (Å²) in [4.78, 5) is 13.8. The summed E-state index contributed by atoms with van der Waals surface area (Å²) in [7, 11) is 0. The molecular weight excluding hydrogens is 220 g/mol. The smallest absolute Gasteiger partial charge is 0.287 e. The van der Waals surface area contributed by atoms with Crippen LogP contribution in [-0.4, -0.2) is 9.91 Å². The summed E-state index contributed by atoms with van der Waals surface area (Å²) >= 11 is 0. The third-order valence-electron chi connectivity index (χ3n) is 2.17. The Balaban J connectivity index is 2.20. The van der Waals surface area contributed by atoms with Crippen molar-refractivity contribution in [1.82, 2.24) is 4.98 Å². The van der Waals surface area contributed by atoms with Crippen molar-refractivity contribution in [1.29, 1.82) is 0 Å². The van der Waals surface area contributed by atoms with Crippen molar-refractivity contribution in [2.45, 2.75) is 6.92 Å². The molecule has 1 aromatic carbocycles. The molecule has 2 aromatic rings. The third-order valence-corrected chi connectivity index (χ3v) is 2.17. The Morgan fingerprint density at radius 3 is 2.82 bits per heavy atom. The van der Waals surface area contributed by atoms with Gasteiger partial charge in [-0.25, -0.2) is 4.98 Å². The van der Waals surface area contributed by atoms with E-state index in [2.05, 4.69) is 11.1 Å². The standard InChI is InChI=1S/C12H9N2O3/c1-9-4-2-3-5-11(9)17-12-7-6-10(8-13-12)14(15)16/h3-8H,1H3. The van der Waals surface area contributed by atoms with Crippen LogP contribution in [0, 0.1) is 23.1 Å². The number of pyridine rings is 1. The van der Waals surface area contributed by atoms with Crippen LogP contribution in [0.2, 0.25) is 0 Å². The lowest BCUT2D eigenvalue weighted by Gasteiger charge is -2.06. The normalized spacial score (nSPS) is 9.94. The van der Waals surface area contributed by atoms with Crippen LogP contribution < -0.4 is 4.74 Å². The van der Waals surface area contributed by atoms with Gasteiger partial charge in [0.05, 0.1) is 4.92 Å². The topological polar surface area (TPSA) is 65.3 Å². The Hall–Kier alpha value is -2.43. The monoisotopic (exact) mass is 229 g/mol. The van der Waals surface area contributed by atoms with Crippen molar-refractivity contribution >= 4 is 5.69 Å². The summed E-state index contributed by atoms with van der Waals surface area (Å²) in [5.74, 6) is 0.981. The van der Waals surface area contributed by atoms with Crippen molar-refractivity contribution in [2.75, 3.05) is 0 Å². The molecule has 0 amide bonds.